The molecule has 3 rings (SSSR count). The molecule has 0 aliphatic rings. The molecule has 2 N–H and O–H groups in total. The smallest absolute Gasteiger partial charge is 0.260 e. The first kappa shape index (κ1) is 15.7. The zero-order chi connectivity index (χ0) is 17.1. The van der Waals surface area contributed by atoms with E-state index >= 15 is 0 Å². The summed E-state index contributed by atoms with van der Waals surface area (Å²) < 4.78 is 1.65. The average molecular weight is 323 g/mol. The Morgan fingerprint density at radius 1 is 1.21 bits per heavy atom. The van der Waals surface area contributed by atoms with Gasteiger partial charge in [-0.25, -0.2) is 4.68 Å². The number of aryl methyl sites for hydroxylation is 1. The Kier molecular flexibility index (Phi) is 4.24. The van der Waals surface area contributed by atoms with Crippen LogP contribution >= 0.6 is 0 Å². The second-order valence-electron chi connectivity index (χ2n) is 5.52. The molecule has 1 atom stereocenters. The lowest BCUT2D eigenvalue weighted by Gasteiger charge is -2.14. The van der Waals surface area contributed by atoms with Crippen molar-refractivity contribution < 1.29 is 4.79 Å². The van der Waals surface area contributed by atoms with Gasteiger partial charge in [-0.2, -0.15) is 0 Å². The van der Waals surface area contributed by atoms with Gasteiger partial charge in [-0.3, -0.25) is 9.59 Å². The van der Waals surface area contributed by atoms with Crippen molar-refractivity contribution in [3.63, 3.8) is 0 Å². The van der Waals surface area contributed by atoms with Gasteiger partial charge in [0.25, 0.3) is 11.5 Å². The minimum Gasteiger partial charge on any atom is -0.345 e. The summed E-state index contributed by atoms with van der Waals surface area (Å²) in [7, 11) is 0. The predicted molar refractivity (Wildman–Crippen MR) is 89.0 cm³/mol. The van der Waals surface area contributed by atoms with Crippen molar-refractivity contribution in [3.8, 4) is 5.69 Å². The summed E-state index contributed by atoms with van der Waals surface area (Å²) in [6, 6.07) is 10.6. The maximum Gasteiger partial charge on any atom is 0.260 e. The van der Waals surface area contributed by atoms with Crippen molar-refractivity contribution in [1.29, 1.82) is 0 Å². The summed E-state index contributed by atoms with van der Waals surface area (Å²) in [5.41, 5.74) is 2.24. The van der Waals surface area contributed by atoms with Crippen LogP contribution in [-0.2, 0) is 0 Å². The molecule has 0 aliphatic carbocycles. The van der Waals surface area contributed by atoms with Crippen LogP contribution in [0.25, 0.3) is 5.69 Å². The van der Waals surface area contributed by atoms with Gasteiger partial charge in [-0.15, -0.1) is 5.10 Å². The lowest BCUT2D eigenvalue weighted by Crippen LogP contribution is -2.31. The fourth-order valence-electron chi connectivity index (χ4n) is 2.37. The van der Waals surface area contributed by atoms with Gasteiger partial charge in [0.1, 0.15) is 5.56 Å². The Labute approximate surface area is 138 Å². The second-order valence-corrected chi connectivity index (χ2v) is 5.52. The van der Waals surface area contributed by atoms with E-state index in [1.54, 1.807) is 30.1 Å². The number of rotatable bonds is 4. The summed E-state index contributed by atoms with van der Waals surface area (Å²) in [4.78, 5) is 26.7. The highest BCUT2D eigenvalue weighted by atomic mass is 16.2. The van der Waals surface area contributed by atoms with Gasteiger partial charge in [0.2, 0.25) is 0 Å². The largest absolute Gasteiger partial charge is 0.345 e. The van der Waals surface area contributed by atoms with E-state index in [0.717, 1.165) is 11.3 Å². The number of aromatic amines is 1. The van der Waals surface area contributed by atoms with E-state index in [4.69, 9.17) is 0 Å². The number of nitrogens with zero attached hydrogens (tertiary/aromatic N) is 3. The molecule has 7 nitrogen and oxygen atoms in total. The van der Waals surface area contributed by atoms with Crippen LogP contribution in [0.2, 0.25) is 0 Å². The number of carbonyl (C=O) groups excluding carboxylic acids is 1. The van der Waals surface area contributed by atoms with Crippen molar-refractivity contribution in [2.75, 3.05) is 0 Å². The quantitative estimate of drug-likeness (QED) is 0.765. The van der Waals surface area contributed by atoms with Gasteiger partial charge in [-0.05, 0) is 43.7 Å². The van der Waals surface area contributed by atoms with Gasteiger partial charge in [0.15, 0.2) is 0 Å². The molecule has 2 heterocycles. The number of amides is 1. The highest BCUT2D eigenvalue weighted by molar-refractivity contribution is 5.94. The minimum absolute atomic E-state index is 0.103. The number of nitrogens with one attached hydrogen (secondary N) is 2. The van der Waals surface area contributed by atoms with Crippen LogP contribution in [0.1, 0.15) is 34.6 Å². The van der Waals surface area contributed by atoms with E-state index in [1.807, 2.05) is 31.2 Å². The third-order valence-corrected chi connectivity index (χ3v) is 3.73. The van der Waals surface area contributed by atoms with Crippen LogP contribution in [0.3, 0.4) is 0 Å². The van der Waals surface area contributed by atoms with Crippen LogP contribution in [0.15, 0.2) is 53.6 Å². The minimum atomic E-state index is -0.399. The SMILES string of the molecule is Cc1ccc(C(=O)NC(C)c2ccc(-n3ccnn3)cc2)c(=O)[nH]1. The van der Waals surface area contributed by atoms with Gasteiger partial charge >= 0.3 is 0 Å². The van der Waals surface area contributed by atoms with E-state index in [1.165, 1.54) is 6.07 Å². The summed E-state index contributed by atoms with van der Waals surface area (Å²) in [6.45, 7) is 3.63. The molecule has 24 heavy (non-hydrogen) atoms. The third kappa shape index (κ3) is 3.24. The van der Waals surface area contributed by atoms with Crippen molar-refractivity contribution in [2.45, 2.75) is 19.9 Å². The fraction of sp³-hybridized carbons (Fsp3) is 0.176. The number of carbonyl (C=O) groups is 1. The average Bonchev–Trinajstić information content (AvgIpc) is 3.09. The molecule has 0 saturated carbocycles. The van der Waals surface area contributed by atoms with Crippen LogP contribution < -0.4 is 10.9 Å². The molecule has 1 unspecified atom stereocenters. The maximum absolute atomic E-state index is 12.3. The molecule has 0 saturated heterocycles. The first-order valence-electron chi connectivity index (χ1n) is 7.52. The molecular formula is C17H17N5O2. The molecule has 1 aromatic carbocycles. The molecule has 0 fully saturated rings. The van der Waals surface area contributed by atoms with Crippen molar-refractivity contribution in [2.24, 2.45) is 0 Å². The lowest BCUT2D eigenvalue weighted by molar-refractivity contribution is 0.0938. The van der Waals surface area contributed by atoms with Crippen LogP contribution in [0, 0.1) is 6.92 Å². The summed E-state index contributed by atoms with van der Waals surface area (Å²) in [5.74, 6) is -0.399. The molecule has 122 valence electrons. The highest BCUT2D eigenvalue weighted by Gasteiger charge is 2.14. The molecule has 7 heteroatoms. The van der Waals surface area contributed by atoms with Crippen LogP contribution in [0.4, 0.5) is 0 Å². The normalized spacial score (nSPS) is 11.9. The van der Waals surface area contributed by atoms with Gasteiger partial charge in [0.05, 0.1) is 24.1 Å². The van der Waals surface area contributed by atoms with E-state index in [2.05, 4.69) is 20.6 Å². The molecule has 3 aromatic rings. The van der Waals surface area contributed by atoms with E-state index < -0.39 is 5.91 Å². The first-order valence-corrected chi connectivity index (χ1v) is 7.52. The highest BCUT2D eigenvalue weighted by Crippen LogP contribution is 2.15. The topological polar surface area (TPSA) is 92.7 Å². The monoisotopic (exact) mass is 323 g/mol. The third-order valence-electron chi connectivity index (χ3n) is 3.73. The van der Waals surface area contributed by atoms with Gasteiger partial charge in [0, 0.05) is 5.69 Å². The number of aromatic nitrogens is 4. The van der Waals surface area contributed by atoms with E-state index in [0.29, 0.717) is 5.69 Å². The Bertz CT molecular complexity index is 897. The number of pyridine rings is 1. The lowest BCUT2D eigenvalue weighted by atomic mass is 10.1. The molecular weight excluding hydrogens is 306 g/mol. The number of H-pyrrole nitrogens is 1. The first-order chi connectivity index (χ1) is 11.5. The predicted octanol–water partition coefficient (Wildman–Crippen LogP) is 1.76. The van der Waals surface area contributed by atoms with Crippen molar-refractivity contribution >= 4 is 5.91 Å². The Morgan fingerprint density at radius 3 is 2.58 bits per heavy atom. The molecule has 2 aromatic heterocycles. The molecule has 0 bridgehead atoms. The van der Waals surface area contributed by atoms with Crippen molar-refractivity contribution in [1.82, 2.24) is 25.3 Å². The molecule has 0 aliphatic heterocycles. The zero-order valence-electron chi connectivity index (χ0n) is 13.4. The van der Waals surface area contributed by atoms with Crippen LogP contribution in [-0.4, -0.2) is 25.9 Å². The zero-order valence-corrected chi connectivity index (χ0v) is 13.4. The fourth-order valence-corrected chi connectivity index (χ4v) is 2.37. The summed E-state index contributed by atoms with van der Waals surface area (Å²) in [5, 5.41) is 10.5. The van der Waals surface area contributed by atoms with E-state index in [9.17, 15) is 9.59 Å². The number of hydrogen-bond donors (Lipinski definition) is 2. The van der Waals surface area contributed by atoms with Crippen molar-refractivity contribution in [3.05, 3.63) is 76.0 Å². The molecule has 1 amide bonds. The van der Waals surface area contributed by atoms with Crippen LogP contribution in [0.5, 0.6) is 0 Å². The standard InChI is InChI=1S/C17H17N5O2/c1-11-3-8-15(16(23)19-11)17(24)20-12(2)13-4-6-14(7-5-13)22-10-9-18-21-22/h3-10,12H,1-2H3,(H,19,23)(H,20,24). The summed E-state index contributed by atoms with van der Waals surface area (Å²) >= 11 is 0. The number of benzene rings is 1. The maximum atomic E-state index is 12.3. The Hall–Kier alpha value is -3.22. The van der Waals surface area contributed by atoms with Gasteiger partial charge in [-0.1, -0.05) is 17.3 Å². The Morgan fingerprint density at radius 2 is 1.96 bits per heavy atom. The van der Waals surface area contributed by atoms with Gasteiger partial charge < -0.3 is 10.3 Å². The van der Waals surface area contributed by atoms with E-state index in [-0.39, 0.29) is 17.2 Å². The second kappa shape index (κ2) is 6.49. The summed E-state index contributed by atoms with van der Waals surface area (Å²) in [6.07, 6.45) is 3.36. The molecule has 0 radical (unpaired) electrons. The Balaban J connectivity index is 1.73. The number of hydrogen-bond acceptors (Lipinski definition) is 4. The molecule has 0 spiro atoms.